The third-order valence-corrected chi connectivity index (χ3v) is 4.11. The van der Waals surface area contributed by atoms with Crippen LogP contribution >= 0.6 is 11.8 Å². The molecule has 2 aromatic carbocycles. The van der Waals surface area contributed by atoms with Gasteiger partial charge in [0.05, 0.1) is 16.6 Å². The van der Waals surface area contributed by atoms with Crippen molar-refractivity contribution in [3.8, 4) is 0 Å². The molecule has 0 unspecified atom stereocenters. The molecule has 106 valence electrons. The van der Waals surface area contributed by atoms with Crippen molar-refractivity contribution in [3.63, 3.8) is 0 Å². The van der Waals surface area contributed by atoms with Crippen LogP contribution in [0.3, 0.4) is 0 Å². The fourth-order valence-corrected chi connectivity index (χ4v) is 2.94. The van der Waals surface area contributed by atoms with E-state index in [1.54, 1.807) is 30.0 Å². The Hall–Kier alpha value is -2.27. The van der Waals surface area contributed by atoms with E-state index in [0.717, 1.165) is 21.8 Å². The van der Waals surface area contributed by atoms with Gasteiger partial charge in [0.2, 0.25) is 0 Å². The van der Waals surface area contributed by atoms with Crippen LogP contribution in [0.15, 0.2) is 47.6 Å². The van der Waals surface area contributed by atoms with E-state index in [0.29, 0.717) is 11.3 Å². The minimum absolute atomic E-state index is 0.313. The summed E-state index contributed by atoms with van der Waals surface area (Å²) in [6, 6.07) is 13.1. The largest absolute Gasteiger partial charge is 0.478 e. The second-order valence-corrected chi connectivity index (χ2v) is 5.82. The standard InChI is InChI=1S/C16H14N2O2S/c1-10-5-6-13-14(7-10)18-16(17-13)21-9-11-3-2-4-12(8-11)15(19)20/h2-8H,9H2,1H3,(H,17,18)(H,19,20). The highest BCUT2D eigenvalue weighted by Crippen LogP contribution is 2.24. The number of carbonyl (C=O) groups is 1. The average Bonchev–Trinajstić information content (AvgIpc) is 2.87. The number of carboxylic acid groups (broad SMARTS) is 1. The third-order valence-electron chi connectivity index (χ3n) is 3.17. The Morgan fingerprint density at radius 2 is 2.14 bits per heavy atom. The molecule has 0 spiro atoms. The Morgan fingerprint density at radius 3 is 2.95 bits per heavy atom. The summed E-state index contributed by atoms with van der Waals surface area (Å²) in [6.07, 6.45) is 0. The molecule has 0 saturated carbocycles. The van der Waals surface area contributed by atoms with Crippen LogP contribution in [-0.2, 0) is 5.75 Å². The van der Waals surface area contributed by atoms with Gasteiger partial charge in [0, 0.05) is 5.75 Å². The maximum atomic E-state index is 11.0. The molecule has 4 nitrogen and oxygen atoms in total. The monoisotopic (exact) mass is 298 g/mol. The molecule has 0 amide bonds. The summed E-state index contributed by atoms with van der Waals surface area (Å²) in [4.78, 5) is 18.7. The summed E-state index contributed by atoms with van der Waals surface area (Å²) >= 11 is 1.57. The van der Waals surface area contributed by atoms with Crippen LogP contribution in [-0.4, -0.2) is 21.0 Å². The lowest BCUT2D eigenvalue weighted by Crippen LogP contribution is -1.96. The first-order valence-electron chi connectivity index (χ1n) is 6.53. The summed E-state index contributed by atoms with van der Waals surface area (Å²) < 4.78 is 0. The number of benzene rings is 2. The smallest absolute Gasteiger partial charge is 0.335 e. The lowest BCUT2D eigenvalue weighted by atomic mass is 10.1. The maximum Gasteiger partial charge on any atom is 0.335 e. The number of aryl methyl sites for hydroxylation is 1. The quantitative estimate of drug-likeness (QED) is 0.718. The number of fused-ring (bicyclic) bond motifs is 1. The van der Waals surface area contributed by atoms with Crippen molar-refractivity contribution >= 4 is 28.8 Å². The topological polar surface area (TPSA) is 66.0 Å². The van der Waals surface area contributed by atoms with E-state index in [-0.39, 0.29) is 0 Å². The van der Waals surface area contributed by atoms with Crippen molar-refractivity contribution < 1.29 is 9.90 Å². The minimum atomic E-state index is -0.902. The molecule has 0 saturated heterocycles. The van der Waals surface area contributed by atoms with Crippen LogP contribution in [0.25, 0.3) is 11.0 Å². The van der Waals surface area contributed by atoms with E-state index in [4.69, 9.17) is 5.11 Å². The van der Waals surface area contributed by atoms with E-state index in [1.807, 2.05) is 25.1 Å². The summed E-state index contributed by atoms with van der Waals surface area (Å²) in [5.41, 5.74) is 4.45. The van der Waals surface area contributed by atoms with Gasteiger partial charge in [0.25, 0.3) is 0 Å². The second kappa shape index (κ2) is 5.61. The molecule has 3 aromatic rings. The molecule has 0 fully saturated rings. The SMILES string of the molecule is Cc1ccc2nc(SCc3cccc(C(=O)O)c3)[nH]c2c1. The van der Waals surface area contributed by atoms with Crippen LogP contribution < -0.4 is 0 Å². The van der Waals surface area contributed by atoms with Gasteiger partial charge in [-0.2, -0.15) is 0 Å². The molecule has 21 heavy (non-hydrogen) atoms. The maximum absolute atomic E-state index is 11.0. The Bertz CT molecular complexity index is 811. The molecule has 5 heteroatoms. The first-order valence-corrected chi connectivity index (χ1v) is 7.52. The van der Waals surface area contributed by atoms with E-state index in [9.17, 15) is 4.79 Å². The number of thioether (sulfide) groups is 1. The Morgan fingerprint density at radius 1 is 1.29 bits per heavy atom. The van der Waals surface area contributed by atoms with Gasteiger partial charge < -0.3 is 10.1 Å². The van der Waals surface area contributed by atoms with Gasteiger partial charge in [-0.1, -0.05) is 30.0 Å². The van der Waals surface area contributed by atoms with Gasteiger partial charge in [-0.25, -0.2) is 9.78 Å². The van der Waals surface area contributed by atoms with Crippen molar-refractivity contribution in [3.05, 3.63) is 59.2 Å². The van der Waals surface area contributed by atoms with E-state index >= 15 is 0 Å². The number of imidazole rings is 1. The van der Waals surface area contributed by atoms with Gasteiger partial charge in [-0.05, 0) is 42.3 Å². The predicted molar refractivity (Wildman–Crippen MR) is 83.8 cm³/mol. The predicted octanol–water partition coefficient (Wildman–Crippen LogP) is 3.86. The summed E-state index contributed by atoms with van der Waals surface area (Å²) in [5, 5.41) is 9.83. The zero-order chi connectivity index (χ0) is 14.8. The number of H-pyrrole nitrogens is 1. The number of hydrogen-bond acceptors (Lipinski definition) is 3. The second-order valence-electron chi connectivity index (χ2n) is 4.86. The van der Waals surface area contributed by atoms with Crippen LogP contribution in [0.1, 0.15) is 21.5 Å². The zero-order valence-corrected chi connectivity index (χ0v) is 12.3. The number of nitrogens with one attached hydrogen (secondary N) is 1. The third kappa shape index (κ3) is 3.08. The van der Waals surface area contributed by atoms with Crippen LogP contribution in [0.2, 0.25) is 0 Å². The van der Waals surface area contributed by atoms with E-state index < -0.39 is 5.97 Å². The van der Waals surface area contributed by atoms with Gasteiger partial charge in [0.1, 0.15) is 0 Å². The fraction of sp³-hybridized carbons (Fsp3) is 0.125. The van der Waals surface area contributed by atoms with Crippen LogP contribution in [0.4, 0.5) is 0 Å². The molecule has 0 bridgehead atoms. The van der Waals surface area contributed by atoms with Crippen molar-refractivity contribution in [2.24, 2.45) is 0 Å². The Balaban J connectivity index is 1.77. The molecular weight excluding hydrogens is 284 g/mol. The highest BCUT2D eigenvalue weighted by molar-refractivity contribution is 7.98. The number of aromatic nitrogens is 2. The Kier molecular flexibility index (Phi) is 3.66. The minimum Gasteiger partial charge on any atom is -0.478 e. The van der Waals surface area contributed by atoms with Crippen LogP contribution in [0, 0.1) is 6.92 Å². The number of rotatable bonds is 4. The summed E-state index contributed by atoms with van der Waals surface area (Å²) in [7, 11) is 0. The fourth-order valence-electron chi connectivity index (χ4n) is 2.11. The lowest BCUT2D eigenvalue weighted by molar-refractivity contribution is 0.0697. The molecule has 0 aliphatic carbocycles. The number of hydrogen-bond donors (Lipinski definition) is 2. The van der Waals surface area contributed by atoms with Crippen molar-refractivity contribution in [1.29, 1.82) is 0 Å². The molecule has 3 rings (SSSR count). The van der Waals surface area contributed by atoms with Crippen molar-refractivity contribution in [2.75, 3.05) is 0 Å². The number of nitrogens with zero attached hydrogens (tertiary/aromatic N) is 1. The lowest BCUT2D eigenvalue weighted by Gasteiger charge is -2.00. The van der Waals surface area contributed by atoms with Crippen molar-refractivity contribution in [2.45, 2.75) is 17.8 Å². The van der Waals surface area contributed by atoms with Gasteiger partial charge >= 0.3 is 5.97 Å². The van der Waals surface area contributed by atoms with Crippen LogP contribution in [0.5, 0.6) is 0 Å². The number of carboxylic acids is 1. The normalized spacial score (nSPS) is 10.9. The zero-order valence-electron chi connectivity index (χ0n) is 11.5. The highest BCUT2D eigenvalue weighted by atomic mass is 32.2. The van der Waals surface area contributed by atoms with Crippen molar-refractivity contribution in [1.82, 2.24) is 9.97 Å². The first kappa shape index (κ1) is 13.7. The summed E-state index contributed by atoms with van der Waals surface area (Å²) in [6.45, 7) is 2.05. The first-order chi connectivity index (χ1) is 10.1. The molecule has 0 aliphatic rings. The van der Waals surface area contributed by atoms with E-state index in [1.165, 1.54) is 5.56 Å². The number of aromatic amines is 1. The van der Waals surface area contributed by atoms with Gasteiger partial charge in [-0.3, -0.25) is 0 Å². The number of aromatic carboxylic acids is 1. The van der Waals surface area contributed by atoms with Gasteiger partial charge in [0.15, 0.2) is 5.16 Å². The molecule has 2 N–H and O–H groups in total. The van der Waals surface area contributed by atoms with Gasteiger partial charge in [-0.15, -0.1) is 0 Å². The molecule has 0 aliphatic heterocycles. The summed E-state index contributed by atoms with van der Waals surface area (Å²) in [5.74, 6) is -0.221. The molecule has 1 aromatic heterocycles. The molecule has 1 heterocycles. The van der Waals surface area contributed by atoms with E-state index in [2.05, 4.69) is 16.0 Å². The average molecular weight is 298 g/mol. The Labute approximate surface area is 126 Å². The molecular formula is C16H14N2O2S. The molecule has 0 radical (unpaired) electrons. The molecule has 0 atom stereocenters. The highest BCUT2D eigenvalue weighted by Gasteiger charge is 2.06.